The van der Waals surface area contributed by atoms with E-state index in [4.69, 9.17) is 4.74 Å². The minimum Gasteiger partial charge on any atom is -0.494 e. The van der Waals surface area contributed by atoms with E-state index in [2.05, 4.69) is 5.32 Å². The number of piperidine rings is 1. The quantitative estimate of drug-likeness (QED) is 0.729. The number of halogens is 1. The van der Waals surface area contributed by atoms with Gasteiger partial charge in [0.1, 0.15) is 0 Å². The minimum absolute atomic E-state index is 0.00982. The van der Waals surface area contributed by atoms with Gasteiger partial charge in [0.05, 0.1) is 12.0 Å². The van der Waals surface area contributed by atoms with E-state index in [1.807, 2.05) is 0 Å². The van der Waals surface area contributed by atoms with Gasteiger partial charge in [-0.3, -0.25) is 4.79 Å². The molecule has 1 N–H and O–H groups in total. The molecule has 0 bridgehead atoms. The fraction of sp³-hybridized carbons (Fsp3) is 0.682. The van der Waals surface area contributed by atoms with Crippen LogP contribution >= 0.6 is 0 Å². The summed E-state index contributed by atoms with van der Waals surface area (Å²) < 4.78 is 46.8. The molecule has 0 spiro atoms. The fourth-order valence-electron chi connectivity index (χ4n) is 4.52. The Labute approximate surface area is 179 Å². The third-order valence-corrected chi connectivity index (χ3v) is 8.24. The molecule has 1 heterocycles. The Balaban J connectivity index is 1.68. The van der Waals surface area contributed by atoms with Crippen LogP contribution in [0, 0.1) is 11.7 Å². The third kappa shape index (κ3) is 5.52. The molecule has 1 unspecified atom stereocenters. The zero-order valence-electron chi connectivity index (χ0n) is 17.7. The van der Waals surface area contributed by atoms with Gasteiger partial charge in [-0.1, -0.05) is 38.5 Å². The highest BCUT2D eigenvalue weighted by atomic mass is 32.2. The van der Waals surface area contributed by atoms with Crippen molar-refractivity contribution in [2.45, 2.75) is 75.1 Å². The number of carbonyl (C=O) groups excluding carboxylic acids is 1. The molecule has 3 rings (SSSR count). The Kier molecular flexibility index (Phi) is 8.11. The first kappa shape index (κ1) is 23.0. The molecule has 1 amide bonds. The lowest BCUT2D eigenvalue weighted by atomic mass is 9.90. The summed E-state index contributed by atoms with van der Waals surface area (Å²) in [4.78, 5) is 12.6. The average Bonchev–Trinajstić information content (AvgIpc) is 2.72. The average molecular weight is 441 g/mol. The standard InChI is InChI=1S/C22H33FN2O4S/c1-29-21-13-12-19(15-20(21)23)30(27,28)25-14-8-7-11-18(25)16-24-22(26)17-9-5-3-2-4-6-10-17/h12-13,15,17-18H,2-11,14,16H2,1H3,(H,24,26). The molecule has 8 heteroatoms. The number of carbonyl (C=O) groups is 1. The van der Waals surface area contributed by atoms with E-state index in [0.717, 1.165) is 44.6 Å². The predicted octanol–water partition coefficient (Wildman–Crippen LogP) is 3.85. The molecule has 1 saturated carbocycles. The van der Waals surface area contributed by atoms with Crippen molar-refractivity contribution in [3.63, 3.8) is 0 Å². The molecule has 6 nitrogen and oxygen atoms in total. The van der Waals surface area contributed by atoms with Crippen LogP contribution < -0.4 is 10.1 Å². The van der Waals surface area contributed by atoms with Crippen molar-refractivity contribution in [3.8, 4) is 5.75 Å². The van der Waals surface area contributed by atoms with E-state index >= 15 is 0 Å². The molecule has 1 aliphatic carbocycles. The Bertz CT molecular complexity index is 822. The first-order chi connectivity index (χ1) is 14.4. The summed E-state index contributed by atoms with van der Waals surface area (Å²) >= 11 is 0. The van der Waals surface area contributed by atoms with Gasteiger partial charge in [0, 0.05) is 25.0 Å². The van der Waals surface area contributed by atoms with Crippen molar-refractivity contribution >= 4 is 15.9 Å². The summed E-state index contributed by atoms with van der Waals surface area (Å²) in [6.07, 6.45) is 9.91. The van der Waals surface area contributed by atoms with E-state index in [1.165, 1.54) is 42.8 Å². The number of nitrogens with zero attached hydrogens (tertiary/aromatic N) is 1. The van der Waals surface area contributed by atoms with Crippen molar-refractivity contribution in [3.05, 3.63) is 24.0 Å². The minimum atomic E-state index is -3.86. The van der Waals surface area contributed by atoms with Crippen LogP contribution in [-0.2, 0) is 14.8 Å². The third-order valence-electron chi connectivity index (χ3n) is 6.29. The van der Waals surface area contributed by atoms with Crippen LogP contribution in [0.5, 0.6) is 5.75 Å². The van der Waals surface area contributed by atoms with Gasteiger partial charge < -0.3 is 10.1 Å². The molecule has 1 aromatic rings. The zero-order valence-corrected chi connectivity index (χ0v) is 18.6. The van der Waals surface area contributed by atoms with Crippen LogP contribution in [-0.4, -0.2) is 44.9 Å². The number of methoxy groups -OCH3 is 1. The van der Waals surface area contributed by atoms with Crippen molar-refractivity contribution in [1.82, 2.24) is 9.62 Å². The summed E-state index contributed by atoms with van der Waals surface area (Å²) in [5, 5.41) is 3.01. The molecule has 30 heavy (non-hydrogen) atoms. The Morgan fingerprint density at radius 3 is 2.43 bits per heavy atom. The summed E-state index contributed by atoms with van der Waals surface area (Å²) in [5.74, 6) is -0.634. The maximum absolute atomic E-state index is 14.1. The number of amides is 1. The number of ether oxygens (including phenoxy) is 1. The number of nitrogens with one attached hydrogen (secondary N) is 1. The van der Waals surface area contributed by atoms with Gasteiger partial charge in [-0.2, -0.15) is 4.31 Å². The van der Waals surface area contributed by atoms with E-state index in [1.54, 1.807) is 0 Å². The number of sulfonamides is 1. The van der Waals surface area contributed by atoms with Crippen LogP contribution in [0.2, 0.25) is 0 Å². The van der Waals surface area contributed by atoms with Crippen LogP contribution in [0.15, 0.2) is 23.1 Å². The molecule has 1 atom stereocenters. The smallest absolute Gasteiger partial charge is 0.243 e. The molecule has 1 aliphatic heterocycles. The molecule has 0 radical (unpaired) electrons. The SMILES string of the molecule is COc1ccc(S(=O)(=O)N2CCCCC2CNC(=O)C2CCCCCCC2)cc1F. The topological polar surface area (TPSA) is 75.7 Å². The number of rotatable bonds is 6. The molecule has 1 aromatic carbocycles. The van der Waals surface area contributed by atoms with Gasteiger partial charge in [0.15, 0.2) is 11.6 Å². The summed E-state index contributed by atoms with van der Waals surface area (Å²) in [6, 6.07) is 3.40. The number of benzene rings is 1. The maximum atomic E-state index is 14.1. The summed E-state index contributed by atoms with van der Waals surface area (Å²) in [7, 11) is -2.52. The lowest BCUT2D eigenvalue weighted by Gasteiger charge is -2.35. The van der Waals surface area contributed by atoms with E-state index < -0.39 is 15.8 Å². The highest BCUT2D eigenvalue weighted by Crippen LogP contribution is 2.28. The lowest BCUT2D eigenvalue weighted by molar-refractivity contribution is -0.125. The molecule has 2 aliphatic rings. The van der Waals surface area contributed by atoms with Crippen LogP contribution in [0.1, 0.15) is 64.2 Å². The summed E-state index contributed by atoms with van der Waals surface area (Å²) in [6.45, 7) is 0.674. The lowest BCUT2D eigenvalue weighted by Crippen LogP contribution is -2.50. The van der Waals surface area contributed by atoms with Gasteiger partial charge in [-0.15, -0.1) is 0 Å². The van der Waals surface area contributed by atoms with Crippen molar-refractivity contribution in [2.75, 3.05) is 20.2 Å². The molecule has 168 valence electrons. The predicted molar refractivity (Wildman–Crippen MR) is 113 cm³/mol. The van der Waals surface area contributed by atoms with Crippen molar-refractivity contribution in [2.24, 2.45) is 5.92 Å². The normalized spacial score (nSPS) is 22.1. The van der Waals surface area contributed by atoms with E-state index in [0.29, 0.717) is 19.5 Å². The highest BCUT2D eigenvalue weighted by Gasteiger charge is 2.34. The Hall–Kier alpha value is -1.67. The van der Waals surface area contributed by atoms with Gasteiger partial charge in [0.25, 0.3) is 0 Å². The van der Waals surface area contributed by atoms with Crippen LogP contribution in [0.25, 0.3) is 0 Å². The fourth-order valence-corrected chi connectivity index (χ4v) is 6.22. The molecule has 0 aromatic heterocycles. The molecule has 1 saturated heterocycles. The largest absolute Gasteiger partial charge is 0.494 e. The van der Waals surface area contributed by atoms with Crippen LogP contribution in [0.4, 0.5) is 4.39 Å². The van der Waals surface area contributed by atoms with Gasteiger partial charge in [0.2, 0.25) is 15.9 Å². The summed E-state index contributed by atoms with van der Waals surface area (Å²) in [5.41, 5.74) is 0. The second-order valence-corrected chi connectivity index (χ2v) is 10.2. The van der Waals surface area contributed by atoms with Gasteiger partial charge in [-0.25, -0.2) is 12.8 Å². The van der Waals surface area contributed by atoms with Crippen LogP contribution in [0.3, 0.4) is 0 Å². The number of hydrogen-bond acceptors (Lipinski definition) is 4. The monoisotopic (exact) mass is 440 g/mol. The van der Waals surface area contributed by atoms with Gasteiger partial charge >= 0.3 is 0 Å². The second kappa shape index (κ2) is 10.6. The highest BCUT2D eigenvalue weighted by molar-refractivity contribution is 7.89. The van der Waals surface area contributed by atoms with E-state index in [-0.39, 0.29) is 28.5 Å². The van der Waals surface area contributed by atoms with Gasteiger partial charge in [-0.05, 0) is 43.9 Å². The van der Waals surface area contributed by atoms with E-state index in [9.17, 15) is 17.6 Å². The Morgan fingerprint density at radius 2 is 1.77 bits per heavy atom. The molecular formula is C22H33FN2O4S. The number of hydrogen-bond donors (Lipinski definition) is 1. The maximum Gasteiger partial charge on any atom is 0.243 e. The van der Waals surface area contributed by atoms with Crippen molar-refractivity contribution < 1.29 is 22.3 Å². The molecule has 2 fully saturated rings. The van der Waals surface area contributed by atoms with Crippen molar-refractivity contribution in [1.29, 1.82) is 0 Å². The zero-order chi connectivity index (χ0) is 21.6. The second-order valence-electron chi connectivity index (χ2n) is 8.35. The first-order valence-corrected chi connectivity index (χ1v) is 12.5. The Morgan fingerprint density at radius 1 is 1.10 bits per heavy atom. The first-order valence-electron chi connectivity index (χ1n) is 11.1. The molecular weight excluding hydrogens is 407 g/mol.